The molecule has 0 aliphatic rings. The van der Waals surface area contributed by atoms with Gasteiger partial charge in [-0.2, -0.15) is 0 Å². The molecule has 0 spiro atoms. The SMILES string of the molecule is NC(=O)C(O)CNC(=O)Cc1cccc(F)c1. The van der Waals surface area contributed by atoms with Crippen molar-refractivity contribution in [2.45, 2.75) is 12.5 Å². The third kappa shape index (κ3) is 4.60. The number of nitrogens with two attached hydrogens (primary N) is 1. The van der Waals surface area contributed by atoms with Gasteiger partial charge < -0.3 is 16.2 Å². The van der Waals surface area contributed by atoms with Crippen LogP contribution in [0, 0.1) is 5.82 Å². The zero-order valence-electron chi connectivity index (χ0n) is 9.02. The number of benzene rings is 1. The molecular weight excluding hydrogens is 227 g/mol. The summed E-state index contributed by atoms with van der Waals surface area (Å²) in [5, 5.41) is 11.4. The van der Waals surface area contributed by atoms with Crippen molar-refractivity contribution in [3.05, 3.63) is 35.6 Å². The third-order valence-corrected chi connectivity index (χ3v) is 2.07. The zero-order valence-corrected chi connectivity index (χ0v) is 9.02. The molecule has 0 bridgehead atoms. The van der Waals surface area contributed by atoms with Crippen LogP contribution in [-0.4, -0.2) is 29.6 Å². The number of carbonyl (C=O) groups is 2. The largest absolute Gasteiger partial charge is 0.381 e. The second-order valence-corrected chi connectivity index (χ2v) is 3.53. The Bertz CT molecular complexity index is 423. The molecule has 17 heavy (non-hydrogen) atoms. The summed E-state index contributed by atoms with van der Waals surface area (Å²) in [5.74, 6) is -1.75. The first-order valence-corrected chi connectivity index (χ1v) is 4.97. The summed E-state index contributed by atoms with van der Waals surface area (Å²) in [6.45, 7) is -0.247. The van der Waals surface area contributed by atoms with Gasteiger partial charge in [0.2, 0.25) is 11.8 Å². The molecule has 0 aliphatic carbocycles. The van der Waals surface area contributed by atoms with Crippen LogP contribution >= 0.6 is 0 Å². The van der Waals surface area contributed by atoms with E-state index in [1.807, 2.05) is 0 Å². The number of rotatable bonds is 5. The highest BCUT2D eigenvalue weighted by Crippen LogP contribution is 2.03. The molecule has 0 radical (unpaired) electrons. The smallest absolute Gasteiger partial charge is 0.248 e. The lowest BCUT2D eigenvalue weighted by Gasteiger charge is -2.08. The zero-order chi connectivity index (χ0) is 12.8. The molecule has 5 nitrogen and oxygen atoms in total. The van der Waals surface area contributed by atoms with Crippen LogP contribution in [0.5, 0.6) is 0 Å². The maximum absolute atomic E-state index is 12.8. The van der Waals surface area contributed by atoms with E-state index in [9.17, 15) is 14.0 Å². The molecule has 1 rings (SSSR count). The van der Waals surface area contributed by atoms with Crippen LogP contribution in [0.15, 0.2) is 24.3 Å². The quantitative estimate of drug-likeness (QED) is 0.637. The minimum atomic E-state index is -1.41. The van der Waals surface area contributed by atoms with Gasteiger partial charge >= 0.3 is 0 Å². The molecule has 2 amide bonds. The van der Waals surface area contributed by atoms with Gasteiger partial charge in [0.25, 0.3) is 0 Å². The van der Waals surface area contributed by atoms with Crippen molar-refractivity contribution >= 4 is 11.8 Å². The number of nitrogens with one attached hydrogen (secondary N) is 1. The van der Waals surface area contributed by atoms with Gasteiger partial charge in [0, 0.05) is 0 Å². The van der Waals surface area contributed by atoms with Gasteiger partial charge in [0.1, 0.15) is 11.9 Å². The van der Waals surface area contributed by atoms with Gasteiger partial charge in [-0.1, -0.05) is 12.1 Å². The van der Waals surface area contributed by atoms with Crippen LogP contribution < -0.4 is 11.1 Å². The molecule has 1 aromatic rings. The molecule has 0 saturated carbocycles. The van der Waals surface area contributed by atoms with E-state index in [4.69, 9.17) is 10.8 Å². The number of amides is 2. The maximum atomic E-state index is 12.8. The predicted octanol–water partition coefficient (Wildman–Crippen LogP) is -0.669. The fourth-order valence-corrected chi connectivity index (χ4v) is 1.21. The van der Waals surface area contributed by atoms with Crippen molar-refractivity contribution in [3.63, 3.8) is 0 Å². The van der Waals surface area contributed by atoms with Crippen molar-refractivity contribution < 1.29 is 19.1 Å². The van der Waals surface area contributed by atoms with Crippen molar-refractivity contribution in [2.75, 3.05) is 6.54 Å². The summed E-state index contributed by atoms with van der Waals surface area (Å²) >= 11 is 0. The second kappa shape index (κ2) is 5.95. The number of aliphatic hydroxyl groups excluding tert-OH is 1. The Morgan fingerprint density at radius 2 is 2.18 bits per heavy atom. The molecule has 1 atom stereocenters. The topological polar surface area (TPSA) is 92.4 Å². The normalized spacial score (nSPS) is 11.9. The lowest BCUT2D eigenvalue weighted by atomic mass is 10.1. The second-order valence-electron chi connectivity index (χ2n) is 3.53. The Kier molecular flexibility index (Phi) is 4.59. The van der Waals surface area contributed by atoms with Crippen LogP contribution in [-0.2, 0) is 16.0 Å². The van der Waals surface area contributed by atoms with Crippen molar-refractivity contribution in [3.8, 4) is 0 Å². The Labute approximate surface area is 97.4 Å². The first kappa shape index (κ1) is 13.1. The molecule has 0 saturated heterocycles. The van der Waals surface area contributed by atoms with Crippen molar-refractivity contribution in [1.82, 2.24) is 5.32 Å². The Morgan fingerprint density at radius 1 is 1.47 bits per heavy atom. The van der Waals surface area contributed by atoms with Crippen LogP contribution in [0.1, 0.15) is 5.56 Å². The number of hydrogen-bond donors (Lipinski definition) is 3. The van der Waals surface area contributed by atoms with Gasteiger partial charge in [-0.3, -0.25) is 9.59 Å². The highest BCUT2D eigenvalue weighted by Gasteiger charge is 2.12. The van der Waals surface area contributed by atoms with Gasteiger partial charge in [0.15, 0.2) is 0 Å². The summed E-state index contributed by atoms with van der Waals surface area (Å²) < 4.78 is 12.8. The molecule has 0 aliphatic heterocycles. The number of aliphatic hydroxyl groups is 1. The summed E-state index contributed by atoms with van der Waals surface area (Å²) in [6.07, 6.45) is -1.44. The molecule has 6 heteroatoms. The summed E-state index contributed by atoms with van der Waals surface area (Å²) in [7, 11) is 0. The highest BCUT2D eigenvalue weighted by molar-refractivity contribution is 5.81. The lowest BCUT2D eigenvalue weighted by molar-refractivity contribution is -0.126. The Morgan fingerprint density at radius 3 is 2.76 bits per heavy atom. The van der Waals surface area contributed by atoms with E-state index < -0.39 is 23.7 Å². The van der Waals surface area contributed by atoms with Crippen LogP contribution in [0.25, 0.3) is 0 Å². The average Bonchev–Trinajstić information content (AvgIpc) is 2.25. The summed E-state index contributed by atoms with van der Waals surface area (Å²) in [5.41, 5.74) is 5.32. The number of hydrogen-bond acceptors (Lipinski definition) is 3. The standard InChI is InChI=1S/C11H13FN2O3/c12-8-3-1-2-7(4-8)5-10(16)14-6-9(15)11(13)17/h1-4,9,15H,5-6H2,(H2,13,17)(H,14,16). The Hall–Kier alpha value is -1.95. The number of primary amides is 1. The maximum Gasteiger partial charge on any atom is 0.248 e. The fourth-order valence-electron chi connectivity index (χ4n) is 1.21. The molecular formula is C11H13FN2O3. The Balaban J connectivity index is 2.42. The minimum Gasteiger partial charge on any atom is -0.381 e. The minimum absolute atomic E-state index is 0.0246. The first-order chi connectivity index (χ1) is 7.99. The van der Waals surface area contributed by atoms with Gasteiger partial charge in [-0.15, -0.1) is 0 Å². The molecule has 92 valence electrons. The monoisotopic (exact) mass is 240 g/mol. The average molecular weight is 240 g/mol. The van der Waals surface area contributed by atoms with Crippen LogP contribution in [0.2, 0.25) is 0 Å². The molecule has 0 heterocycles. The predicted molar refractivity (Wildman–Crippen MR) is 58.3 cm³/mol. The molecule has 0 aromatic heterocycles. The van der Waals surface area contributed by atoms with Crippen LogP contribution in [0.4, 0.5) is 4.39 Å². The van der Waals surface area contributed by atoms with Crippen LogP contribution in [0.3, 0.4) is 0 Å². The van der Waals surface area contributed by atoms with Gasteiger partial charge in [-0.05, 0) is 17.7 Å². The highest BCUT2D eigenvalue weighted by atomic mass is 19.1. The number of carbonyl (C=O) groups excluding carboxylic acids is 2. The van der Waals surface area contributed by atoms with E-state index in [0.717, 1.165) is 0 Å². The third-order valence-electron chi connectivity index (χ3n) is 2.07. The molecule has 0 fully saturated rings. The molecule has 1 aromatic carbocycles. The van der Waals surface area contributed by atoms with Crippen molar-refractivity contribution in [2.24, 2.45) is 5.73 Å². The van der Waals surface area contributed by atoms with E-state index in [1.165, 1.54) is 18.2 Å². The van der Waals surface area contributed by atoms with Gasteiger partial charge in [0.05, 0.1) is 13.0 Å². The van der Waals surface area contributed by atoms with E-state index in [0.29, 0.717) is 5.56 Å². The fraction of sp³-hybridized carbons (Fsp3) is 0.273. The van der Waals surface area contributed by atoms with E-state index >= 15 is 0 Å². The lowest BCUT2D eigenvalue weighted by Crippen LogP contribution is -2.40. The molecule has 4 N–H and O–H groups in total. The van der Waals surface area contributed by atoms with Gasteiger partial charge in [-0.25, -0.2) is 4.39 Å². The van der Waals surface area contributed by atoms with E-state index in [2.05, 4.69) is 5.32 Å². The first-order valence-electron chi connectivity index (χ1n) is 4.97. The number of halogens is 1. The van der Waals surface area contributed by atoms with E-state index in [-0.39, 0.29) is 13.0 Å². The van der Waals surface area contributed by atoms with E-state index in [1.54, 1.807) is 6.07 Å². The summed E-state index contributed by atoms with van der Waals surface area (Å²) in [6, 6.07) is 5.62. The van der Waals surface area contributed by atoms with Crippen molar-refractivity contribution in [1.29, 1.82) is 0 Å². The molecule has 1 unspecified atom stereocenters. The summed E-state index contributed by atoms with van der Waals surface area (Å²) in [4.78, 5) is 21.8.